The number of nitrogens with zero attached hydrogens (tertiary/aromatic N) is 1. The van der Waals surface area contributed by atoms with Gasteiger partial charge in [-0.15, -0.1) is 0 Å². The Hall–Kier alpha value is -1.47. The number of ether oxygens (including phenoxy) is 2. The molecule has 4 atom stereocenters. The van der Waals surface area contributed by atoms with E-state index in [0.29, 0.717) is 13.0 Å². The number of hydrogen-bond donors (Lipinski definition) is 2. The van der Waals surface area contributed by atoms with Crippen LogP contribution < -0.4 is 5.32 Å². The molecule has 0 unspecified atom stereocenters. The molecule has 2 N–H and O–H groups in total. The highest BCUT2D eigenvalue weighted by molar-refractivity contribution is 5.81. The maximum atomic E-state index is 12.7. The van der Waals surface area contributed by atoms with Gasteiger partial charge in [-0.1, -0.05) is 30.3 Å². The van der Waals surface area contributed by atoms with Crippen LogP contribution in [-0.4, -0.2) is 65.1 Å². The van der Waals surface area contributed by atoms with Crippen LogP contribution in [0.5, 0.6) is 0 Å². The number of likely N-dealkylation sites (N-methyl/N-ethyl adjacent to an activating group) is 1. The van der Waals surface area contributed by atoms with Crippen molar-refractivity contribution in [2.75, 3.05) is 13.7 Å². The smallest absolute Gasteiger partial charge is 0.237 e. The molecule has 0 aliphatic carbocycles. The molecule has 3 rings (SSSR count). The molecule has 0 bridgehead atoms. The van der Waals surface area contributed by atoms with Crippen LogP contribution in [0.25, 0.3) is 0 Å². The van der Waals surface area contributed by atoms with E-state index in [1.165, 1.54) is 0 Å². The van der Waals surface area contributed by atoms with Crippen molar-refractivity contribution in [1.29, 1.82) is 0 Å². The van der Waals surface area contributed by atoms with Gasteiger partial charge in [0.1, 0.15) is 6.10 Å². The molecular weight excluding hydrogens is 344 g/mol. The van der Waals surface area contributed by atoms with Gasteiger partial charge in [0.25, 0.3) is 0 Å². The van der Waals surface area contributed by atoms with Crippen molar-refractivity contribution < 1.29 is 19.4 Å². The summed E-state index contributed by atoms with van der Waals surface area (Å²) in [6.45, 7) is 8.54. The number of fused-ring (bicyclic) bond motifs is 1. The largest absolute Gasteiger partial charge is 0.395 e. The minimum Gasteiger partial charge on any atom is -0.395 e. The Labute approximate surface area is 161 Å². The minimum atomic E-state index is -0.500. The second-order valence-electron chi connectivity index (χ2n) is 8.53. The van der Waals surface area contributed by atoms with E-state index < -0.39 is 11.2 Å². The van der Waals surface area contributed by atoms with Crippen molar-refractivity contribution in [2.24, 2.45) is 0 Å². The molecule has 1 aromatic rings. The van der Waals surface area contributed by atoms with Crippen LogP contribution in [-0.2, 0) is 20.8 Å². The molecule has 1 amide bonds. The van der Waals surface area contributed by atoms with E-state index in [1.54, 1.807) is 7.05 Å². The molecule has 150 valence electrons. The predicted molar refractivity (Wildman–Crippen MR) is 103 cm³/mol. The average molecular weight is 376 g/mol. The van der Waals surface area contributed by atoms with Gasteiger partial charge in [-0.05, 0) is 33.3 Å². The monoisotopic (exact) mass is 376 g/mol. The Morgan fingerprint density at radius 2 is 1.81 bits per heavy atom. The third-order valence-corrected chi connectivity index (χ3v) is 6.30. The van der Waals surface area contributed by atoms with Crippen LogP contribution in [0.1, 0.15) is 39.7 Å². The summed E-state index contributed by atoms with van der Waals surface area (Å²) in [5.74, 6) is -0.0610. The second-order valence-corrected chi connectivity index (χ2v) is 8.53. The molecule has 2 aliphatic heterocycles. The van der Waals surface area contributed by atoms with Gasteiger partial charge in [-0.25, -0.2) is 0 Å². The molecule has 0 saturated carbocycles. The van der Waals surface area contributed by atoms with Gasteiger partial charge in [0.2, 0.25) is 5.91 Å². The third kappa shape index (κ3) is 3.76. The number of carbonyl (C=O) groups is 1. The van der Waals surface area contributed by atoms with Crippen LogP contribution in [0.2, 0.25) is 0 Å². The predicted octanol–water partition coefficient (Wildman–Crippen LogP) is 1.71. The summed E-state index contributed by atoms with van der Waals surface area (Å²) in [7, 11) is 1.65. The zero-order valence-electron chi connectivity index (χ0n) is 16.9. The number of carbonyl (C=O) groups excluding carboxylic acids is 1. The topological polar surface area (TPSA) is 71.0 Å². The van der Waals surface area contributed by atoms with Crippen LogP contribution in [0, 0.1) is 0 Å². The summed E-state index contributed by atoms with van der Waals surface area (Å²) < 4.78 is 12.9. The van der Waals surface area contributed by atoms with Gasteiger partial charge in [0.05, 0.1) is 36.0 Å². The van der Waals surface area contributed by atoms with Crippen LogP contribution in [0.4, 0.5) is 0 Å². The van der Waals surface area contributed by atoms with Crippen LogP contribution in [0.15, 0.2) is 30.3 Å². The fourth-order valence-electron chi connectivity index (χ4n) is 4.08. The number of likely N-dealkylation sites (tertiary alicyclic amines) is 1. The standard InChI is InChI=1S/C21H32N2O4/c1-20(2)21(3,4)27-18-16(13-24)23(12-14-9-7-6-8-10-14)15(19(25)22-5)11-17(18)26-20/h6-10,15-18,24H,11-13H2,1-5H3,(H,22,25)/t15-,16+,17+,18+/m0/s1. The van der Waals surface area contributed by atoms with Crippen molar-refractivity contribution in [3.63, 3.8) is 0 Å². The highest BCUT2D eigenvalue weighted by Gasteiger charge is 2.56. The van der Waals surface area contributed by atoms with Gasteiger partial charge in [-0.2, -0.15) is 0 Å². The summed E-state index contributed by atoms with van der Waals surface area (Å²) in [5, 5.41) is 13.0. The molecule has 6 heteroatoms. The fraction of sp³-hybridized carbons (Fsp3) is 0.667. The number of benzene rings is 1. The van der Waals surface area contributed by atoms with Gasteiger partial charge in [0, 0.05) is 20.0 Å². The zero-order chi connectivity index (χ0) is 19.8. The van der Waals surface area contributed by atoms with E-state index in [4.69, 9.17) is 9.47 Å². The minimum absolute atomic E-state index is 0.0610. The lowest BCUT2D eigenvalue weighted by molar-refractivity contribution is -0.320. The molecular formula is C21H32N2O4. The second kappa shape index (κ2) is 7.51. The first-order valence-corrected chi connectivity index (χ1v) is 9.68. The van der Waals surface area contributed by atoms with E-state index in [2.05, 4.69) is 10.2 Å². The zero-order valence-corrected chi connectivity index (χ0v) is 16.9. The molecule has 2 aliphatic rings. The van der Waals surface area contributed by atoms with Crippen molar-refractivity contribution >= 4 is 5.91 Å². The molecule has 0 aromatic heterocycles. The molecule has 2 saturated heterocycles. The maximum Gasteiger partial charge on any atom is 0.237 e. The third-order valence-electron chi connectivity index (χ3n) is 6.30. The first kappa shape index (κ1) is 20.3. The van der Waals surface area contributed by atoms with Crippen molar-refractivity contribution in [3.05, 3.63) is 35.9 Å². The lowest BCUT2D eigenvalue weighted by Crippen LogP contribution is -2.71. The van der Waals surface area contributed by atoms with E-state index >= 15 is 0 Å². The molecule has 2 fully saturated rings. The number of piperidine rings is 1. The Bertz CT molecular complexity index is 661. The normalized spacial score (nSPS) is 32.5. The number of hydrogen-bond acceptors (Lipinski definition) is 5. The molecule has 0 spiro atoms. The van der Waals surface area contributed by atoms with Crippen molar-refractivity contribution in [2.45, 2.75) is 76.2 Å². The summed E-state index contributed by atoms with van der Waals surface area (Å²) >= 11 is 0. The van der Waals surface area contributed by atoms with Crippen LogP contribution >= 0.6 is 0 Å². The summed E-state index contributed by atoms with van der Waals surface area (Å²) in [4.78, 5) is 14.7. The first-order chi connectivity index (χ1) is 12.7. The van der Waals surface area contributed by atoms with Gasteiger partial charge in [0.15, 0.2) is 0 Å². The summed E-state index contributed by atoms with van der Waals surface area (Å²) in [6.07, 6.45) is 0.00911. The maximum absolute atomic E-state index is 12.7. The number of rotatable bonds is 4. The van der Waals surface area contributed by atoms with E-state index in [1.807, 2.05) is 58.0 Å². The molecule has 27 heavy (non-hydrogen) atoms. The van der Waals surface area contributed by atoms with E-state index in [0.717, 1.165) is 5.56 Å². The van der Waals surface area contributed by atoms with Crippen molar-refractivity contribution in [3.8, 4) is 0 Å². The highest BCUT2D eigenvalue weighted by Crippen LogP contribution is 2.43. The fourth-order valence-corrected chi connectivity index (χ4v) is 4.08. The SMILES string of the molecule is CNC(=O)[C@@H]1C[C@H]2OC(C)(C)C(C)(C)O[C@@H]2[C@@H](CO)N1Cc1ccccc1. The first-order valence-electron chi connectivity index (χ1n) is 9.68. The van der Waals surface area contributed by atoms with E-state index in [-0.39, 0.29) is 36.8 Å². The Morgan fingerprint density at radius 1 is 1.19 bits per heavy atom. The molecule has 1 aromatic carbocycles. The summed E-state index contributed by atoms with van der Waals surface area (Å²) in [6, 6.07) is 9.31. The number of nitrogens with one attached hydrogen (secondary N) is 1. The molecule has 0 radical (unpaired) electrons. The van der Waals surface area contributed by atoms with Crippen molar-refractivity contribution in [1.82, 2.24) is 10.2 Å². The van der Waals surface area contributed by atoms with E-state index in [9.17, 15) is 9.90 Å². The number of aliphatic hydroxyl groups is 1. The van der Waals surface area contributed by atoms with Gasteiger partial charge >= 0.3 is 0 Å². The van der Waals surface area contributed by atoms with Gasteiger partial charge < -0.3 is 19.9 Å². The lowest BCUT2D eigenvalue weighted by Gasteiger charge is -2.58. The number of aliphatic hydroxyl groups excluding tert-OH is 1. The Morgan fingerprint density at radius 3 is 2.41 bits per heavy atom. The molecule has 6 nitrogen and oxygen atoms in total. The Balaban J connectivity index is 1.94. The van der Waals surface area contributed by atoms with Gasteiger partial charge in [-0.3, -0.25) is 9.69 Å². The molecule has 2 heterocycles. The summed E-state index contributed by atoms with van der Waals surface area (Å²) in [5.41, 5.74) is 0.114. The number of amides is 1. The quantitative estimate of drug-likeness (QED) is 0.837. The Kier molecular flexibility index (Phi) is 5.64. The lowest BCUT2D eigenvalue weighted by atomic mass is 9.81. The average Bonchev–Trinajstić information content (AvgIpc) is 2.62. The van der Waals surface area contributed by atoms with Crippen LogP contribution in [0.3, 0.4) is 0 Å². The highest BCUT2D eigenvalue weighted by atomic mass is 16.6.